The Kier molecular flexibility index (Phi) is 2.23. The van der Waals surface area contributed by atoms with Crippen molar-refractivity contribution < 1.29 is 9.31 Å². The summed E-state index contributed by atoms with van der Waals surface area (Å²) in [6.07, 6.45) is 0. The summed E-state index contributed by atoms with van der Waals surface area (Å²) >= 11 is 0. The molecule has 1 aromatic rings. The quantitative estimate of drug-likeness (QED) is 0.543. The molecule has 1 rings (SSSR count). The maximum Gasteiger partial charge on any atom is 0.304 e. The van der Waals surface area contributed by atoms with Crippen LogP contribution in [0.3, 0.4) is 0 Å². The van der Waals surface area contributed by atoms with Crippen molar-refractivity contribution in [2.24, 2.45) is 0 Å². The molecule has 0 bridgehead atoms. The first kappa shape index (κ1) is 8.45. The number of hydrogen-bond donors (Lipinski definition) is 1. The average molecular weight is 170 g/mol. The van der Waals surface area contributed by atoms with E-state index < -0.39 is 16.4 Å². The first-order chi connectivity index (χ1) is 5.65. The fourth-order valence-electron chi connectivity index (χ4n) is 0.810. The molecule has 0 aliphatic carbocycles. The number of benzene rings is 1. The minimum atomic E-state index is -0.827. The smallest absolute Gasteiger partial charge is 0.304 e. The van der Waals surface area contributed by atoms with Crippen LogP contribution in [0, 0.1) is 15.9 Å². The Labute approximate surface area is 68.2 Å². The van der Waals surface area contributed by atoms with Gasteiger partial charge < -0.3 is 5.32 Å². The fraction of sp³-hybridized carbons (Fsp3) is 0.143. The second-order valence-corrected chi connectivity index (χ2v) is 2.17. The van der Waals surface area contributed by atoms with Crippen LogP contribution in [0.4, 0.5) is 15.8 Å². The van der Waals surface area contributed by atoms with Crippen LogP contribution in [0.5, 0.6) is 0 Å². The van der Waals surface area contributed by atoms with Crippen molar-refractivity contribution in [1.82, 2.24) is 0 Å². The van der Waals surface area contributed by atoms with E-state index in [2.05, 4.69) is 5.32 Å². The van der Waals surface area contributed by atoms with Gasteiger partial charge in [-0.1, -0.05) is 0 Å². The minimum absolute atomic E-state index is 0.506. The van der Waals surface area contributed by atoms with E-state index in [4.69, 9.17) is 0 Å². The second kappa shape index (κ2) is 3.17. The normalized spacial score (nSPS) is 9.50. The number of nitrogens with one attached hydrogen (secondary N) is 1. The van der Waals surface area contributed by atoms with Crippen LogP contribution in [0.2, 0.25) is 0 Å². The fourth-order valence-corrected chi connectivity index (χ4v) is 0.810. The highest BCUT2D eigenvalue weighted by Crippen LogP contribution is 2.19. The number of nitro groups is 1. The molecule has 0 atom stereocenters. The molecule has 0 saturated carbocycles. The lowest BCUT2D eigenvalue weighted by Gasteiger charge is -1.98. The highest BCUT2D eigenvalue weighted by Gasteiger charge is 2.12. The molecule has 0 aliphatic heterocycles. The summed E-state index contributed by atoms with van der Waals surface area (Å²) in [5, 5.41) is 12.8. The third-order valence-corrected chi connectivity index (χ3v) is 1.43. The summed E-state index contributed by atoms with van der Waals surface area (Å²) in [7, 11) is 1.61. The van der Waals surface area contributed by atoms with Gasteiger partial charge in [-0.3, -0.25) is 10.1 Å². The topological polar surface area (TPSA) is 55.2 Å². The Balaban J connectivity index is 3.12. The zero-order valence-electron chi connectivity index (χ0n) is 6.37. The van der Waals surface area contributed by atoms with Gasteiger partial charge in [-0.25, -0.2) is 0 Å². The van der Waals surface area contributed by atoms with Crippen molar-refractivity contribution in [2.45, 2.75) is 0 Å². The molecule has 0 heterocycles. The van der Waals surface area contributed by atoms with Crippen LogP contribution in [0.15, 0.2) is 18.2 Å². The van der Waals surface area contributed by atoms with Crippen molar-refractivity contribution in [3.63, 3.8) is 0 Å². The zero-order chi connectivity index (χ0) is 9.14. The molecule has 0 radical (unpaired) electrons. The summed E-state index contributed by atoms with van der Waals surface area (Å²) in [4.78, 5) is 9.41. The standard InChI is InChI=1S/C7H7FN2O2/c1-9-5-2-3-7(10(11)12)6(8)4-5/h2-4,9H,1H3. The van der Waals surface area contributed by atoms with Crippen molar-refractivity contribution in [1.29, 1.82) is 0 Å². The Hall–Kier alpha value is -1.65. The van der Waals surface area contributed by atoms with Gasteiger partial charge in [0, 0.05) is 24.9 Å². The second-order valence-electron chi connectivity index (χ2n) is 2.17. The maximum absolute atomic E-state index is 12.8. The SMILES string of the molecule is CNc1ccc([N+](=O)[O-])c(F)c1. The lowest BCUT2D eigenvalue weighted by molar-refractivity contribution is -0.387. The van der Waals surface area contributed by atoms with Gasteiger partial charge in [0.25, 0.3) is 0 Å². The molecule has 0 aliphatic rings. The van der Waals surface area contributed by atoms with Gasteiger partial charge in [-0.2, -0.15) is 4.39 Å². The molecule has 0 aromatic heterocycles. The molecule has 64 valence electrons. The van der Waals surface area contributed by atoms with E-state index in [-0.39, 0.29) is 0 Å². The molecule has 5 heteroatoms. The number of hydrogen-bond acceptors (Lipinski definition) is 3. The number of nitrogens with zero attached hydrogens (tertiary/aromatic N) is 1. The van der Waals surface area contributed by atoms with E-state index in [1.54, 1.807) is 7.05 Å². The lowest BCUT2D eigenvalue weighted by atomic mass is 10.3. The van der Waals surface area contributed by atoms with Gasteiger partial charge >= 0.3 is 5.69 Å². The lowest BCUT2D eigenvalue weighted by Crippen LogP contribution is -1.94. The number of nitro benzene ring substituents is 1. The Morgan fingerprint density at radius 3 is 2.67 bits per heavy atom. The molecule has 1 N–H and O–H groups in total. The molecule has 0 fully saturated rings. The number of anilines is 1. The highest BCUT2D eigenvalue weighted by atomic mass is 19.1. The minimum Gasteiger partial charge on any atom is -0.388 e. The summed E-state index contributed by atoms with van der Waals surface area (Å²) in [5.74, 6) is -0.827. The molecule has 0 unspecified atom stereocenters. The van der Waals surface area contributed by atoms with E-state index in [0.717, 1.165) is 12.1 Å². The van der Waals surface area contributed by atoms with Crippen molar-refractivity contribution in [2.75, 3.05) is 12.4 Å². The van der Waals surface area contributed by atoms with Crippen molar-refractivity contribution in [3.05, 3.63) is 34.1 Å². The van der Waals surface area contributed by atoms with E-state index in [0.29, 0.717) is 5.69 Å². The van der Waals surface area contributed by atoms with Crippen LogP contribution in [0.1, 0.15) is 0 Å². The zero-order valence-corrected chi connectivity index (χ0v) is 6.37. The average Bonchev–Trinajstić information content (AvgIpc) is 2.03. The molecule has 1 aromatic carbocycles. The van der Waals surface area contributed by atoms with E-state index in [1.165, 1.54) is 6.07 Å². The molecule has 0 saturated heterocycles. The first-order valence-corrected chi connectivity index (χ1v) is 3.27. The van der Waals surface area contributed by atoms with Crippen LogP contribution < -0.4 is 5.32 Å². The monoisotopic (exact) mass is 170 g/mol. The van der Waals surface area contributed by atoms with Gasteiger partial charge in [-0.05, 0) is 6.07 Å². The molecular formula is C7H7FN2O2. The van der Waals surface area contributed by atoms with Crippen molar-refractivity contribution >= 4 is 11.4 Å². The van der Waals surface area contributed by atoms with E-state index in [9.17, 15) is 14.5 Å². The van der Waals surface area contributed by atoms with Gasteiger partial charge in [0.1, 0.15) is 0 Å². The molecule has 0 spiro atoms. The molecular weight excluding hydrogens is 163 g/mol. The Bertz CT molecular complexity index is 314. The first-order valence-electron chi connectivity index (χ1n) is 3.27. The summed E-state index contributed by atoms with van der Waals surface area (Å²) in [5.41, 5.74) is 0.00657. The highest BCUT2D eigenvalue weighted by molar-refractivity contribution is 5.48. The van der Waals surface area contributed by atoms with Gasteiger partial charge in [0.15, 0.2) is 0 Å². The van der Waals surface area contributed by atoms with Crippen molar-refractivity contribution in [3.8, 4) is 0 Å². The third-order valence-electron chi connectivity index (χ3n) is 1.43. The van der Waals surface area contributed by atoms with E-state index in [1.807, 2.05) is 0 Å². The molecule has 12 heavy (non-hydrogen) atoms. The molecule has 4 nitrogen and oxygen atoms in total. The van der Waals surface area contributed by atoms with E-state index >= 15 is 0 Å². The third kappa shape index (κ3) is 1.50. The number of halogens is 1. The maximum atomic E-state index is 12.8. The van der Waals surface area contributed by atoms with Crippen LogP contribution in [0.25, 0.3) is 0 Å². The predicted molar refractivity (Wildman–Crippen MR) is 42.6 cm³/mol. The van der Waals surface area contributed by atoms with Gasteiger partial charge in [0.05, 0.1) is 4.92 Å². The summed E-state index contributed by atoms with van der Waals surface area (Å²) < 4.78 is 12.8. The van der Waals surface area contributed by atoms with Crippen LogP contribution in [-0.4, -0.2) is 12.0 Å². The predicted octanol–water partition coefficient (Wildman–Crippen LogP) is 1.78. The van der Waals surface area contributed by atoms with Crippen LogP contribution >= 0.6 is 0 Å². The number of rotatable bonds is 2. The molecule has 0 amide bonds. The van der Waals surface area contributed by atoms with Gasteiger partial charge in [-0.15, -0.1) is 0 Å². The Morgan fingerprint density at radius 1 is 1.58 bits per heavy atom. The van der Waals surface area contributed by atoms with Crippen LogP contribution in [-0.2, 0) is 0 Å². The largest absolute Gasteiger partial charge is 0.388 e. The summed E-state index contributed by atoms with van der Waals surface area (Å²) in [6, 6.07) is 3.65. The van der Waals surface area contributed by atoms with Gasteiger partial charge in [0.2, 0.25) is 5.82 Å². The summed E-state index contributed by atoms with van der Waals surface area (Å²) in [6.45, 7) is 0. The Morgan fingerprint density at radius 2 is 2.25 bits per heavy atom.